The second-order valence-corrected chi connectivity index (χ2v) is 5.28. The van der Waals surface area contributed by atoms with Crippen LogP contribution in [-0.2, 0) is 13.6 Å². The van der Waals surface area contributed by atoms with E-state index < -0.39 is 0 Å². The number of carbonyl (C=O) groups excluding carboxylic acids is 1. The van der Waals surface area contributed by atoms with Crippen LogP contribution in [0.5, 0.6) is 0 Å². The van der Waals surface area contributed by atoms with E-state index in [9.17, 15) is 4.79 Å². The van der Waals surface area contributed by atoms with E-state index in [4.69, 9.17) is 28.3 Å². The van der Waals surface area contributed by atoms with Gasteiger partial charge in [0.15, 0.2) is 0 Å². The van der Waals surface area contributed by atoms with Crippen LogP contribution in [0.3, 0.4) is 0 Å². The van der Waals surface area contributed by atoms with Crippen LogP contribution in [0.15, 0.2) is 6.07 Å². The molecule has 0 saturated heterocycles. The first kappa shape index (κ1) is 16.1. The Hall–Kier alpha value is -0.910. The molecule has 0 fully saturated rings. The van der Waals surface area contributed by atoms with Crippen molar-refractivity contribution in [3.63, 3.8) is 0 Å². The van der Waals surface area contributed by atoms with Crippen molar-refractivity contribution in [3.05, 3.63) is 21.9 Å². The summed E-state index contributed by atoms with van der Waals surface area (Å²) in [5.74, 6) is 0.245. The Morgan fingerprint density at radius 2 is 2.16 bits per heavy atom. The van der Waals surface area contributed by atoms with E-state index in [0.29, 0.717) is 29.7 Å². The molecule has 0 aliphatic rings. The summed E-state index contributed by atoms with van der Waals surface area (Å²) in [5.41, 5.74) is 0.827. The number of urea groups is 1. The van der Waals surface area contributed by atoms with Crippen LogP contribution in [-0.4, -0.2) is 28.9 Å². The second-order valence-electron chi connectivity index (χ2n) is 4.51. The molecule has 1 heterocycles. The molecule has 1 unspecified atom stereocenters. The number of carbonyl (C=O) groups is 1. The Morgan fingerprint density at radius 3 is 2.68 bits per heavy atom. The summed E-state index contributed by atoms with van der Waals surface area (Å²) >= 11 is 11.8. The lowest BCUT2D eigenvalue weighted by atomic mass is 10.1. The fourth-order valence-electron chi connectivity index (χ4n) is 1.58. The number of halogens is 2. The summed E-state index contributed by atoms with van der Waals surface area (Å²) in [6.07, 6.45) is 0.670. The molecular formula is C12H19Cl2N3O2. The minimum Gasteiger partial charge on any atom is -0.396 e. The maximum absolute atomic E-state index is 11.6. The third-order valence-corrected chi connectivity index (χ3v) is 3.72. The molecule has 0 spiro atoms. The Morgan fingerprint density at radius 1 is 1.47 bits per heavy atom. The number of aliphatic hydroxyl groups is 1. The standard InChI is InChI=1S/C12H19Cl2N3O2/c1-8(3-4-18)6-15-12(19)16-7-9-5-10(13)11(14)17(9)2/h5,8,18H,3-4,6-7H2,1-2H3,(H2,15,16,19). The lowest BCUT2D eigenvalue weighted by molar-refractivity contribution is 0.233. The number of aromatic nitrogens is 1. The molecule has 2 amide bonds. The average Bonchev–Trinajstić information content (AvgIpc) is 2.62. The fourth-order valence-corrected chi connectivity index (χ4v) is 2.00. The molecule has 0 saturated carbocycles. The van der Waals surface area contributed by atoms with Crippen LogP contribution in [0.2, 0.25) is 10.2 Å². The van der Waals surface area contributed by atoms with Gasteiger partial charge in [0.25, 0.3) is 0 Å². The molecule has 5 nitrogen and oxygen atoms in total. The molecule has 3 N–H and O–H groups in total. The first-order valence-electron chi connectivity index (χ1n) is 6.07. The first-order valence-corrected chi connectivity index (χ1v) is 6.83. The zero-order valence-electron chi connectivity index (χ0n) is 11.0. The summed E-state index contributed by atoms with van der Waals surface area (Å²) < 4.78 is 1.72. The highest BCUT2D eigenvalue weighted by molar-refractivity contribution is 6.41. The van der Waals surface area contributed by atoms with Gasteiger partial charge < -0.3 is 20.3 Å². The number of nitrogens with zero attached hydrogens (tertiary/aromatic N) is 1. The van der Waals surface area contributed by atoms with Crippen LogP contribution in [0.25, 0.3) is 0 Å². The average molecular weight is 308 g/mol. The summed E-state index contributed by atoms with van der Waals surface area (Å²) in [5, 5.41) is 15.2. The van der Waals surface area contributed by atoms with Gasteiger partial charge >= 0.3 is 6.03 Å². The van der Waals surface area contributed by atoms with Gasteiger partial charge in [-0.2, -0.15) is 0 Å². The molecule has 0 aliphatic heterocycles. The Kier molecular flexibility index (Phi) is 6.48. The van der Waals surface area contributed by atoms with Gasteiger partial charge in [0.2, 0.25) is 0 Å². The summed E-state index contributed by atoms with van der Waals surface area (Å²) in [6.45, 7) is 2.97. The van der Waals surface area contributed by atoms with E-state index in [1.165, 1.54) is 0 Å². The van der Waals surface area contributed by atoms with Crippen molar-refractivity contribution in [2.45, 2.75) is 19.9 Å². The van der Waals surface area contributed by atoms with Gasteiger partial charge in [-0.05, 0) is 18.4 Å². The first-order chi connectivity index (χ1) is 8.95. The maximum Gasteiger partial charge on any atom is 0.315 e. The zero-order valence-corrected chi connectivity index (χ0v) is 12.6. The summed E-state index contributed by atoms with van der Waals surface area (Å²) in [6, 6.07) is 1.47. The molecule has 0 aromatic carbocycles. The van der Waals surface area contributed by atoms with Crippen molar-refractivity contribution in [2.24, 2.45) is 13.0 Å². The Bertz CT molecular complexity index is 435. The zero-order chi connectivity index (χ0) is 14.4. The van der Waals surface area contributed by atoms with Crippen LogP contribution in [0.4, 0.5) is 4.79 Å². The predicted octanol–water partition coefficient (Wildman–Crippen LogP) is 2.15. The largest absolute Gasteiger partial charge is 0.396 e. The predicted molar refractivity (Wildman–Crippen MR) is 76.5 cm³/mol. The SMILES string of the molecule is CC(CCO)CNC(=O)NCc1cc(Cl)c(Cl)n1C. The van der Waals surface area contributed by atoms with Crippen LogP contribution in [0, 0.1) is 5.92 Å². The molecule has 1 aromatic heterocycles. The summed E-state index contributed by atoms with van der Waals surface area (Å²) in [4.78, 5) is 11.6. The van der Waals surface area contributed by atoms with Gasteiger partial charge in [0.1, 0.15) is 5.15 Å². The van der Waals surface area contributed by atoms with E-state index in [1.807, 2.05) is 6.92 Å². The topological polar surface area (TPSA) is 66.3 Å². The lowest BCUT2D eigenvalue weighted by Crippen LogP contribution is -2.37. The number of rotatable bonds is 6. The summed E-state index contributed by atoms with van der Waals surface area (Å²) in [7, 11) is 1.78. The van der Waals surface area contributed by atoms with Crippen LogP contribution >= 0.6 is 23.2 Å². The second kappa shape index (κ2) is 7.62. The number of aliphatic hydroxyl groups excluding tert-OH is 1. The molecule has 1 rings (SSSR count). The van der Waals surface area contributed by atoms with Crippen molar-refractivity contribution in [1.29, 1.82) is 0 Å². The van der Waals surface area contributed by atoms with E-state index in [0.717, 1.165) is 5.69 Å². The lowest BCUT2D eigenvalue weighted by Gasteiger charge is -2.12. The van der Waals surface area contributed by atoms with E-state index in [2.05, 4.69) is 10.6 Å². The smallest absolute Gasteiger partial charge is 0.315 e. The Labute approximate surface area is 122 Å². The number of hydrogen-bond acceptors (Lipinski definition) is 2. The molecule has 1 aromatic rings. The minimum atomic E-state index is -0.252. The number of nitrogens with one attached hydrogen (secondary N) is 2. The molecule has 0 radical (unpaired) electrons. The highest BCUT2D eigenvalue weighted by atomic mass is 35.5. The van der Waals surface area contributed by atoms with Crippen molar-refractivity contribution >= 4 is 29.2 Å². The van der Waals surface area contributed by atoms with Gasteiger partial charge in [-0.3, -0.25) is 0 Å². The maximum atomic E-state index is 11.6. The fraction of sp³-hybridized carbons (Fsp3) is 0.583. The van der Waals surface area contributed by atoms with Crippen molar-refractivity contribution in [2.75, 3.05) is 13.2 Å². The van der Waals surface area contributed by atoms with Gasteiger partial charge in [-0.15, -0.1) is 0 Å². The number of hydrogen-bond donors (Lipinski definition) is 3. The van der Waals surface area contributed by atoms with Gasteiger partial charge in [0.05, 0.1) is 11.6 Å². The van der Waals surface area contributed by atoms with Gasteiger partial charge in [-0.25, -0.2) is 4.79 Å². The molecule has 1 atom stereocenters. The van der Waals surface area contributed by atoms with Crippen molar-refractivity contribution < 1.29 is 9.90 Å². The normalized spacial score (nSPS) is 12.3. The molecule has 19 heavy (non-hydrogen) atoms. The van der Waals surface area contributed by atoms with Crippen LogP contribution < -0.4 is 10.6 Å². The molecule has 0 bridgehead atoms. The van der Waals surface area contributed by atoms with Crippen LogP contribution in [0.1, 0.15) is 19.0 Å². The quantitative estimate of drug-likeness (QED) is 0.754. The monoisotopic (exact) mass is 307 g/mol. The number of amides is 2. The molecule has 0 aliphatic carbocycles. The van der Waals surface area contributed by atoms with Crippen molar-refractivity contribution in [3.8, 4) is 0 Å². The van der Waals surface area contributed by atoms with Gasteiger partial charge in [0, 0.05) is 25.9 Å². The third-order valence-electron chi connectivity index (χ3n) is 2.88. The van der Waals surface area contributed by atoms with E-state index in [1.54, 1.807) is 17.7 Å². The van der Waals surface area contributed by atoms with E-state index in [-0.39, 0.29) is 18.6 Å². The molecule has 7 heteroatoms. The van der Waals surface area contributed by atoms with Crippen molar-refractivity contribution in [1.82, 2.24) is 15.2 Å². The highest BCUT2D eigenvalue weighted by Gasteiger charge is 2.10. The minimum absolute atomic E-state index is 0.130. The Balaban J connectivity index is 2.36. The third kappa shape index (κ3) is 4.93. The highest BCUT2D eigenvalue weighted by Crippen LogP contribution is 2.24. The van der Waals surface area contributed by atoms with E-state index >= 15 is 0 Å². The molecule has 108 valence electrons. The van der Waals surface area contributed by atoms with Gasteiger partial charge in [-0.1, -0.05) is 30.1 Å². The molecular weight excluding hydrogens is 289 g/mol.